The van der Waals surface area contributed by atoms with E-state index in [2.05, 4.69) is 10.1 Å². The molecule has 0 unspecified atom stereocenters. The zero-order chi connectivity index (χ0) is 20.5. The second-order valence-corrected chi connectivity index (χ2v) is 6.88. The minimum atomic E-state index is -0.414. The Balaban J connectivity index is 1.60. The van der Waals surface area contributed by atoms with Crippen LogP contribution in [0.3, 0.4) is 0 Å². The summed E-state index contributed by atoms with van der Waals surface area (Å²) in [6, 6.07) is 10.1. The molecule has 3 aromatic rings. The van der Waals surface area contributed by atoms with Crippen LogP contribution in [-0.2, 0) is 4.79 Å². The van der Waals surface area contributed by atoms with Crippen molar-refractivity contribution in [2.45, 2.75) is 19.3 Å². The zero-order valence-corrected chi connectivity index (χ0v) is 16.3. The lowest BCUT2D eigenvalue weighted by Crippen LogP contribution is -2.24. The highest BCUT2D eigenvalue weighted by Gasteiger charge is 2.36. The lowest BCUT2D eigenvalue weighted by atomic mass is 10.1. The molecule has 4 rings (SSSR count). The topological polar surface area (TPSA) is 77.7 Å². The highest BCUT2D eigenvalue weighted by atomic mass is 19.1. The van der Waals surface area contributed by atoms with E-state index >= 15 is 0 Å². The van der Waals surface area contributed by atoms with Crippen LogP contribution in [-0.4, -0.2) is 36.8 Å². The lowest BCUT2D eigenvalue weighted by molar-refractivity contribution is -0.117. The van der Waals surface area contributed by atoms with Crippen LogP contribution in [0.15, 0.2) is 40.9 Å². The molecule has 0 N–H and O–H groups in total. The van der Waals surface area contributed by atoms with Gasteiger partial charge in [0.1, 0.15) is 17.3 Å². The molecule has 29 heavy (non-hydrogen) atoms. The number of aromatic nitrogens is 2. The number of carbonyl (C=O) groups is 1. The van der Waals surface area contributed by atoms with E-state index in [1.165, 1.54) is 6.07 Å². The lowest BCUT2D eigenvalue weighted by Gasteiger charge is -2.20. The molecule has 0 radical (unpaired) electrons. The SMILES string of the molecule is COc1ccc(OC)c(N2C[C@H](c3nc(-c4ccc(C)cc4F)no3)CC2=O)c1. The summed E-state index contributed by atoms with van der Waals surface area (Å²) in [4.78, 5) is 18.6. The molecule has 2 aromatic carbocycles. The molecule has 1 aromatic heterocycles. The molecule has 1 aliphatic heterocycles. The first-order valence-electron chi connectivity index (χ1n) is 9.12. The minimum absolute atomic E-state index is 0.0946. The number of hydrogen-bond donors (Lipinski definition) is 0. The van der Waals surface area contributed by atoms with Crippen molar-refractivity contribution in [2.75, 3.05) is 25.7 Å². The molecule has 0 aliphatic carbocycles. The predicted molar refractivity (Wildman–Crippen MR) is 104 cm³/mol. The van der Waals surface area contributed by atoms with Crippen molar-refractivity contribution in [1.29, 1.82) is 0 Å². The minimum Gasteiger partial charge on any atom is -0.497 e. The monoisotopic (exact) mass is 397 g/mol. The molecule has 150 valence electrons. The number of rotatable bonds is 5. The third kappa shape index (κ3) is 3.53. The Morgan fingerprint density at radius 2 is 2.00 bits per heavy atom. The van der Waals surface area contributed by atoms with Crippen LogP contribution < -0.4 is 14.4 Å². The molecule has 0 saturated carbocycles. The van der Waals surface area contributed by atoms with Gasteiger partial charge in [-0.05, 0) is 36.8 Å². The molecule has 2 heterocycles. The highest BCUT2D eigenvalue weighted by molar-refractivity contribution is 5.98. The first kappa shape index (κ1) is 18.9. The van der Waals surface area contributed by atoms with Crippen LogP contribution in [0.25, 0.3) is 11.4 Å². The molecule has 0 spiro atoms. The van der Waals surface area contributed by atoms with Gasteiger partial charge >= 0.3 is 0 Å². The summed E-state index contributed by atoms with van der Waals surface area (Å²) < 4.78 is 30.2. The molecular weight excluding hydrogens is 377 g/mol. The maximum absolute atomic E-state index is 14.2. The molecular formula is C21H20FN3O4. The molecule has 1 aliphatic rings. The first-order valence-corrected chi connectivity index (χ1v) is 9.12. The van der Waals surface area contributed by atoms with E-state index in [4.69, 9.17) is 14.0 Å². The van der Waals surface area contributed by atoms with E-state index in [-0.39, 0.29) is 29.6 Å². The molecule has 0 bridgehead atoms. The molecule has 7 nitrogen and oxygen atoms in total. The molecule has 1 saturated heterocycles. The number of carbonyl (C=O) groups excluding carboxylic acids is 1. The van der Waals surface area contributed by atoms with Crippen LogP contribution in [0.2, 0.25) is 0 Å². The third-order valence-electron chi connectivity index (χ3n) is 4.96. The van der Waals surface area contributed by atoms with Crippen LogP contribution in [0.1, 0.15) is 23.8 Å². The van der Waals surface area contributed by atoms with Gasteiger partial charge in [-0.2, -0.15) is 4.98 Å². The van der Waals surface area contributed by atoms with Crippen LogP contribution >= 0.6 is 0 Å². The Labute approximate surface area is 167 Å². The molecule has 1 amide bonds. The fourth-order valence-electron chi connectivity index (χ4n) is 3.43. The molecule has 1 fully saturated rings. The van der Waals surface area contributed by atoms with Crippen LogP contribution in [0.5, 0.6) is 11.5 Å². The largest absolute Gasteiger partial charge is 0.497 e. The van der Waals surface area contributed by atoms with Gasteiger partial charge in [0.2, 0.25) is 17.6 Å². The number of nitrogens with zero attached hydrogens (tertiary/aromatic N) is 3. The van der Waals surface area contributed by atoms with Crippen LogP contribution in [0.4, 0.5) is 10.1 Å². The number of methoxy groups -OCH3 is 2. The summed E-state index contributed by atoms with van der Waals surface area (Å²) >= 11 is 0. The third-order valence-corrected chi connectivity index (χ3v) is 4.96. The summed E-state index contributed by atoms with van der Waals surface area (Å²) in [5, 5.41) is 3.90. The van der Waals surface area contributed by atoms with Gasteiger partial charge in [-0.25, -0.2) is 4.39 Å². The van der Waals surface area contributed by atoms with Gasteiger partial charge in [0, 0.05) is 19.0 Å². The number of hydrogen-bond acceptors (Lipinski definition) is 6. The Bertz CT molecular complexity index is 1070. The van der Waals surface area contributed by atoms with E-state index in [0.29, 0.717) is 29.6 Å². The van der Waals surface area contributed by atoms with Crippen molar-refractivity contribution in [2.24, 2.45) is 0 Å². The van der Waals surface area contributed by atoms with Gasteiger partial charge < -0.3 is 18.9 Å². The zero-order valence-electron chi connectivity index (χ0n) is 16.3. The summed E-state index contributed by atoms with van der Waals surface area (Å²) in [6.07, 6.45) is 0.207. The van der Waals surface area contributed by atoms with Crippen molar-refractivity contribution >= 4 is 11.6 Å². The van der Waals surface area contributed by atoms with E-state index in [0.717, 1.165) is 5.56 Å². The van der Waals surface area contributed by atoms with Gasteiger partial charge in [-0.3, -0.25) is 4.79 Å². The average molecular weight is 397 g/mol. The number of ether oxygens (including phenoxy) is 2. The van der Waals surface area contributed by atoms with Gasteiger partial charge in [-0.1, -0.05) is 11.2 Å². The first-order chi connectivity index (χ1) is 14.0. The quantitative estimate of drug-likeness (QED) is 0.653. The van der Waals surface area contributed by atoms with E-state index in [9.17, 15) is 9.18 Å². The van der Waals surface area contributed by atoms with Gasteiger partial charge in [0.25, 0.3) is 0 Å². The second-order valence-electron chi connectivity index (χ2n) is 6.88. The average Bonchev–Trinajstić information content (AvgIpc) is 3.34. The number of amides is 1. The van der Waals surface area contributed by atoms with E-state index in [1.807, 2.05) is 0 Å². The number of benzene rings is 2. The van der Waals surface area contributed by atoms with Crippen molar-refractivity contribution in [1.82, 2.24) is 10.1 Å². The molecule has 8 heteroatoms. The van der Waals surface area contributed by atoms with Crippen molar-refractivity contribution < 1.29 is 23.2 Å². The van der Waals surface area contributed by atoms with E-state index in [1.54, 1.807) is 56.4 Å². The number of aryl methyl sites for hydroxylation is 1. The summed E-state index contributed by atoms with van der Waals surface area (Å²) in [6.45, 7) is 2.15. The van der Waals surface area contributed by atoms with Gasteiger partial charge in [-0.15, -0.1) is 0 Å². The highest BCUT2D eigenvalue weighted by Crippen LogP contribution is 2.38. The standard InChI is InChI=1S/C21H20FN3O4/c1-12-4-6-15(16(22)8-12)20-23-21(29-24-20)13-9-19(26)25(11-13)17-10-14(27-2)5-7-18(17)28-3/h4-8,10,13H,9,11H2,1-3H3/t13-/m1/s1. The Morgan fingerprint density at radius 1 is 1.17 bits per heavy atom. The van der Waals surface area contributed by atoms with Gasteiger partial charge in [0.05, 0.1) is 31.4 Å². The van der Waals surface area contributed by atoms with Crippen molar-refractivity contribution in [3.63, 3.8) is 0 Å². The maximum atomic E-state index is 14.2. The summed E-state index contributed by atoms with van der Waals surface area (Å²) in [5.74, 6) is 0.846. The van der Waals surface area contributed by atoms with Crippen molar-refractivity contribution in [3.05, 3.63) is 53.7 Å². The summed E-state index contributed by atoms with van der Waals surface area (Å²) in [5.41, 5.74) is 1.68. The second kappa shape index (κ2) is 7.54. The Morgan fingerprint density at radius 3 is 2.72 bits per heavy atom. The van der Waals surface area contributed by atoms with Crippen LogP contribution in [0, 0.1) is 12.7 Å². The number of anilines is 1. The predicted octanol–water partition coefficient (Wildman–Crippen LogP) is 3.72. The van der Waals surface area contributed by atoms with E-state index < -0.39 is 5.82 Å². The van der Waals surface area contributed by atoms with Gasteiger partial charge in [0.15, 0.2) is 0 Å². The fourth-order valence-corrected chi connectivity index (χ4v) is 3.43. The van der Waals surface area contributed by atoms with Crippen molar-refractivity contribution in [3.8, 4) is 22.9 Å². The Hall–Kier alpha value is -3.42. The Kier molecular flexibility index (Phi) is 4.92. The molecule has 1 atom stereocenters. The maximum Gasteiger partial charge on any atom is 0.232 e. The normalized spacial score (nSPS) is 16.3. The smallest absolute Gasteiger partial charge is 0.232 e. The number of halogens is 1. The summed E-state index contributed by atoms with van der Waals surface area (Å²) in [7, 11) is 3.11. The fraction of sp³-hybridized carbons (Fsp3) is 0.286.